The molecule has 5 heteroatoms. The van der Waals surface area contributed by atoms with Crippen molar-refractivity contribution in [3.05, 3.63) is 65.5 Å². The Hall–Kier alpha value is -1.85. The van der Waals surface area contributed by atoms with Gasteiger partial charge in [-0.15, -0.1) is 11.8 Å². The molecule has 2 aliphatic heterocycles. The Morgan fingerprint density at radius 2 is 2.24 bits per heavy atom. The number of benzene rings is 1. The standard InChI is InChI=1S/C20H22N2O2S/c1-15-4-2-6-17(8-15)19(23)22-13-20(14-22)9-18(12-25-20)24-11-16-5-3-7-21-10-16/h2-8,10,18H,9,11-14H2,1H3. The van der Waals surface area contributed by atoms with Gasteiger partial charge >= 0.3 is 0 Å². The number of likely N-dealkylation sites (tertiary alicyclic amines) is 1. The first-order valence-corrected chi connectivity index (χ1v) is 9.63. The molecule has 2 fully saturated rings. The van der Waals surface area contributed by atoms with E-state index >= 15 is 0 Å². The molecule has 2 aliphatic rings. The van der Waals surface area contributed by atoms with E-state index in [9.17, 15) is 4.79 Å². The number of carbonyl (C=O) groups is 1. The lowest BCUT2D eigenvalue weighted by atomic mass is 9.92. The fourth-order valence-corrected chi connectivity index (χ4v) is 5.13. The van der Waals surface area contributed by atoms with Crippen molar-refractivity contribution in [3.63, 3.8) is 0 Å². The van der Waals surface area contributed by atoms with Gasteiger partial charge in [0.1, 0.15) is 0 Å². The fraction of sp³-hybridized carbons (Fsp3) is 0.400. The fourth-order valence-electron chi connectivity index (χ4n) is 3.58. The third kappa shape index (κ3) is 3.58. The summed E-state index contributed by atoms with van der Waals surface area (Å²) in [6.45, 7) is 4.29. The van der Waals surface area contributed by atoms with Crippen LogP contribution in [0.3, 0.4) is 0 Å². The van der Waals surface area contributed by atoms with Crippen LogP contribution in [0.2, 0.25) is 0 Å². The Kier molecular flexibility index (Phi) is 4.52. The maximum Gasteiger partial charge on any atom is 0.253 e. The number of aromatic nitrogens is 1. The molecule has 0 radical (unpaired) electrons. The zero-order chi connectivity index (χ0) is 17.3. The monoisotopic (exact) mass is 354 g/mol. The summed E-state index contributed by atoms with van der Waals surface area (Å²) in [6.07, 6.45) is 4.92. The highest BCUT2D eigenvalue weighted by Gasteiger charge is 2.50. The summed E-state index contributed by atoms with van der Waals surface area (Å²) in [6, 6.07) is 11.8. The maximum absolute atomic E-state index is 12.6. The van der Waals surface area contributed by atoms with Gasteiger partial charge in [0.25, 0.3) is 5.91 Å². The first-order valence-electron chi connectivity index (χ1n) is 8.64. The SMILES string of the molecule is Cc1cccc(C(=O)N2CC3(CC(OCc4cccnc4)CS3)C2)c1. The molecule has 25 heavy (non-hydrogen) atoms. The zero-order valence-electron chi connectivity index (χ0n) is 14.4. The largest absolute Gasteiger partial charge is 0.373 e. The van der Waals surface area contributed by atoms with Crippen LogP contribution in [0.15, 0.2) is 48.8 Å². The van der Waals surface area contributed by atoms with Gasteiger partial charge in [-0.3, -0.25) is 9.78 Å². The first-order chi connectivity index (χ1) is 12.1. The molecule has 0 aliphatic carbocycles. The van der Waals surface area contributed by atoms with Gasteiger partial charge in [0.2, 0.25) is 0 Å². The molecule has 1 atom stereocenters. The summed E-state index contributed by atoms with van der Waals surface area (Å²) < 4.78 is 6.25. The second-order valence-corrected chi connectivity index (χ2v) is 8.51. The number of hydrogen-bond donors (Lipinski definition) is 0. The van der Waals surface area contributed by atoms with Gasteiger partial charge in [0, 0.05) is 36.8 Å². The van der Waals surface area contributed by atoms with E-state index in [0.717, 1.165) is 42.0 Å². The van der Waals surface area contributed by atoms with Crippen LogP contribution in [0.25, 0.3) is 0 Å². The number of carbonyl (C=O) groups excluding carboxylic acids is 1. The average Bonchev–Trinajstić information content (AvgIpc) is 3.04. The molecule has 2 aromatic rings. The van der Waals surface area contributed by atoms with E-state index in [-0.39, 0.29) is 16.8 Å². The molecule has 0 N–H and O–H groups in total. The third-order valence-electron chi connectivity index (χ3n) is 4.89. The summed E-state index contributed by atoms with van der Waals surface area (Å²) in [5.41, 5.74) is 3.03. The molecule has 4 nitrogen and oxygen atoms in total. The van der Waals surface area contributed by atoms with Crippen LogP contribution in [0, 0.1) is 6.92 Å². The van der Waals surface area contributed by atoms with Gasteiger partial charge in [-0.2, -0.15) is 0 Å². The predicted molar refractivity (Wildman–Crippen MR) is 99.7 cm³/mol. The summed E-state index contributed by atoms with van der Waals surface area (Å²) in [5, 5.41) is 0. The summed E-state index contributed by atoms with van der Waals surface area (Å²) in [4.78, 5) is 18.7. The second-order valence-electron chi connectivity index (χ2n) is 7.02. The Morgan fingerprint density at radius 3 is 3.00 bits per heavy atom. The smallest absolute Gasteiger partial charge is 0.253 e. The van der Waals surface area contributed by atoms with E-state index < -0.39 is 0 Å². The van der Waals surface area contributed by atoms with Gasteiger partial charge in [-0.25, -0.2) is 0 Å². The predicted octanol–water partition coefficient (Wildman–Crippen LogP) is 3.31. The van der Waals surface area contributed by atoms with E-state index in [1.165, 1.54) is 0 Å². The Labute approximate surface area is 152 Å². The molecular formula is C20H22N2O2S. The van der Waals surface area contributed by atoms with E-state index in [1.807, 2.05) is 66.2 Å². The highest BCUT2D eigenvalue weighted by atomic mass is 32.2. The van der Waals surface area contributed by atoms with Crippen LogP contribution in [-0.2, 0) is 11.3 Å². The second kappa shape index (κ2) is 6.81. The van der Waals surface area contributed by atoms with Crippen molar-refractivity contribution in [1.29, 1.82) is 0 Å². The minimum atomic E-state index is 0.148. The van der Waals surface area contributed by atoms with Crippen molar-refractivity contribution < 1.29 is 9.53 Å². The first kappa shape index (κ1) is 16.6. The van der Waals surface area contributed by atoms with Gasteiger partial charge in [-0.1, -0.05) is 23.8 Å². The number of aryl methyl sites for hydroxylation is 1. The van der Waals surface area contributed by atoms with Crippen LogP contribution < -0.4 is 0 Å². The number of amides is 1. The number of ether oxygens (including phenoxy) is 1. The lowest BCUT2D eigenvalue weighted by Gasteiger charge is -2.47. The lowest BCUT2D eigenvalue weighted by molar-refractivity contribution is 0.0254. The van der Waals surface area contributed by atoms with Crippen LogP contribution >= 0.6 is 11.8 Å². The van der Waals surface area contributed by atoms with E-state index in [2.05, 4.69) is 4.98 Å². The molecule has 0 bridgehead atoms. The van der Waals surface area contributed by atoms with Crippen molar-refractivity contribution in [2.24, 2.45) is 0 Å². The van der Waals surface area contributed by atoms with Gasteiger partial charge < -0.3 is 9.64 Å². The number of rotatable bonds is 4. The summed E-state index contributed by atoms with van der Waals surface area (Å²) >= 11 is 1.96. The molecule has 3 heterocycles. The van der Waals surface area contributed by atoms with E-state index in [0.29, 0.717) is 6.61 Å². The highest BCUT2D eigenvalue weighted by Crippen LogP contribution is 2.46. The van der Waals surface area contributed by atoms with Gasteiger partial charge in [0.05, 0.1) is 17.5 Å². The van der Waals surface area contributed by atoms with Crippen molar-refractivity contribution in [3.8, 4) is 0 Å². The van der Waals surface area contributed by atoms with Crippen molar-refractivity contribution in [1.82, 2.24) is 9.88 Å². The number of thioether (sulfide) groups is 1. The zero-order valence-corrected chi connectivity index (χ0v) is 15.2. The van der Waals surface area contributed by atoms with Crippen molar-refractivity contribution in [2.45, 2.75) is 30.8 Å². The minimum Gasteiger partial charge on any atom is -0.373 e. The Bertz CT molecular complexity index is 759. The van der Waals surface area contributed by atoms with Crippen LogP contribution in [0.4, 0.5) is 0 Å². The molecule has 2 saturated heterocycles. The average molecular weight is 354 g/mol. The Balaban J connectivity index is 1.29. The third-order valence-corrected chi connectivity index (χ3v) is 6.47. The lowest BCUT2D eigenvalue weighted by Crippen LogP contribution is -2.60. The molecular weight excluding hydrogens is 332 g/mol. The molecule has 1 amide bonds. The summed E-state index contributed by atoms with van der Waals surface area (Å²) in [5.74, 6) is 1.15. The number of pyridine rings is 1. The van der Waals surface area contributed by atoms with Crippen molar-refractivity contribution in [2.75, 3.05) is 18.8 Å². The molecule has 1 aromatic carbocycles. The van der Waals surface area contributed by atoms with Crippen LogP contribution in [0.1, 0.15) is 27.9 Å². The number of hydrogen-bond acceptors (Lipinski definition) is 4. The minimum absolute atomic E-state index is 0.148. The van der Waals surface area contributed by atoms with Crippen LogP contribution in [-0.4, -0.2) is 45.5 Å². The van der Waals surface area contributed by atoms with Gasteiger partial charge in [0.15, 0.2) is 0 Å². The Morgan fingerprint density at radius 1 is 1.36 bits per heavy atom. The quantitative estimate of drug-likeness (QED) is 0.845. The van der Waals surface area contributed by atoms with Crippen molar-refractivity contribution >= 4 is 17.7 Å². The van der Waals surface area contributed by atoms with Crippen LogP contribution in [0.5, 0.6) is 0 Å². The summed E-state index contributed by atoms with van der Waals surface area (Å²) in [7, 11) is 0. The van der Waals surface area contributed by atoms with E-state index in [4.69, 9.17) is 4.74 Å². The molecule has 1 spiro atoms. The van der Waals surface area contributed by atoms with Gasteiger partial charge in [-0.05, 0) is 37.1 Å². The normalized spacial score (nSPS) is 21.3. The maximum atomic E-state index is 12.6. The molecule has 130 valence electrons. The molecule has 1 unspecified atom stereocenters. The topological polar surface area (TPSA) is 42.4 Å². The molecule has 0 saturated carbocycles. The molecule has 4 rings (SSSR count). The van der Waals surface area contributed by atoms with E-state index in [1.54, 1.807) is 6.20 Å². The molecule has 1 aromatic heterocycles. The number of nitrogens with zero attached hydrogens (tertiary/aromatic N) is 2. The highest BCUT2D eigenvalue weighted by molar-refractivity contribution is 8.01.